The number of hydrogen-bond donors (Lipinski definition) is 0. The van der Waals surface area contributed by atoms with Gasteiger partial charge in [-0.2, -0.15) is 0 Å². The van der Waals surface area contributed by atoms with Gasteiger partial charge in [-0.1, -0.05) is 74.2 Å². The molecule has 0 saturated heterocycles. The molecule has 167 valence electrons. The minimum absolute atomic E-state index is 0.547. The van der Waals surface area contributed by atoms with Crippen molar-refractivity contribution >= 4 is 11.0 Å². The minimum atomic E-state index is 0.547. The zero-order valence-corrected chi connectivity index (χ0v) is 19.3. The van der Waals surface area contributed by atoms with Crippen LogP contribution in [0, 0.1) is 12.8 Å². The second-order valence-corrected chi connectivity index (χ2v) is 8.91. The van der Waals surface area contributed by atoms with E-state index in [4.69, 9.17) is 21.4 Å². The fraction of sp³-hybridized carbons (Fsp3) is 0.310. The molecule has 1 heterocycles. The van der Waals surface area contributed by atoms with Crippen molar-refractivity contribution in [3.8, 4) is 22.6 Å². The maximum Gasteiger partial charge on any atom is 0.163 e. The highest BCUT2D eigenvalue weighted by molar-refractivity contribution is 5.81. The summed E-state index contributed by atoms with van der Waals surface area (Å²) in [7, 11) is 3.34. The average Bonchev–Trinajstić information content (AvgIpc) is 3.47. The monoisotopic (exact) mass is 437 g/mol. The van der Waals surface area contributed by atoms with E-state index >= 15 is 0 Å². The van der Waals surface area contributed by atoms with Gasteiger partial charge < -0.3 is 14.0 Å². The molecule has 3 aromatic carbocycles. The Morgan fingerprint density at radius 2 is 1.64 bits per heavy atom. The first kappa shape index (κ1) is 21.6. The summed E-state index contributed by atoms with van der Waals surface area (Å²) in [4.78, 5) is 5.04. The molecule has 4 aromatic rings. The van der Waals surface area contributed by atoms with E-state index in [0.717, 1.165) is 46.7 Å². The molecular weight excluding hydrogens is 408 g/mol. The van der Waals surface area contributed by atoms with Crippen molar-refractivity contribution in [1.29, 1.82) is 0 Å². The number of ether oxygens (including phenoxy) is 2. The molecule has 4 nitrogen and oxygen atoms in total. The highest BCUT2D eigenvalue weighted by Gasteiger charge is 2.21. The maximum absolute atomic E-state index is 8.18. The van der Waals surface area contributed by atoms with Crippen LogP contribution in [0.15, 0.2) is 60.7 Å². The van der Waals surface area contributed by atoms with E-state index in [9.17, 15) is 0 Å². The quantitative estimate of drug-likeness (QED) is 0.334. The van der Waals surface area contributed by atoms with Crippen LogP contribution in [0.1, 0.15) is 42.6 Å². The molecule has 0 atom stereocenters. The molecule has 3 radical (unpaired) electrons. The van der Waals surface area contributed by atoms with E-state index in [1.807, 2.05) is 36.4 Å². The number of rotatable bonds is 7. The van der Waals surface area contributed by atoms with Crippen LogP contribution in [0.4, 0.5) is 0 Å². The molecule has 1 fully saturated rings. The summed E-state index contributed by atoms with van der Waals surface area (Å²) in [6.07, 6.45) is 6.23. The molecule has 0 unspecified atom stereocenters. The van der Waals surface area contributed by atoms with Crippen LogP contribution in [-0.2, 0) is 13.0 Å². The van der Waals surface area contributed by atoms with Crippen molar-refractivity contribution in [2.45, 2.75) is 38.6 Å². The predicted molar refractivity (Wildman–Crippen MR) is 132 cm³/mol. The van der Waals surface area contributed by atoms with Gasteiger partial charge in [-0.25, -0.2) is 4.98 Å². The highest BCUT2D eigenvalue weighted by Crippen LogP contribution is 2.35. The Morgan fingerprint density at radius 3 is 2.33 bits per heavy atom. The summed E-state index contributed by atoms with van der Waals surface area (Å²) in [5.41, 5.74) is 5.80. The van der Waals surface area contributed by atoms with Gasteiger partial charge in [0, 0.05) is 32.0 Å². The molecule has 1 aliphatic carbocycles. The first-order valence-electron chi connectivity index (χ1n) is 11.7. The highest BCUT2D eigenvalue weighted by atomic mass is 16.5. The number of fused-ring (bicyclic) bond motifs is 1. The number of nitrogens with zero attached hydrogens (tertiary/aromatic N) is 2. The van der Waals surface area contributed by atoms with Gasteiger partial charge in [0.1, 0.15) is 5.82 Å². The molecule has 0 aliphatic heterocycles. The van der Waals surface area contributed by atoms with Crippen LogP contribution in [0.5, 0.6) is 11.5 Å². The topological polar surface area (TPSA) is 36.3 Å². The lowest BCUT2D eigenvalue weighted by atomic mass is 9.99. The van der Waals surface area contributed by atoms with Gasteiger partial charge in [-0.15, -0.1) is 0 Å². The lowest BCUT2D eigenvalue weighted by Crippen LogP contribution is -2.09. The summed E-state index contributed by atoms with van der Waals surface area (Å²) in [5, 5.41) is 0. The van der Waals surface area contributed by atoms with Crippen LogP contribution in [0.25, 0.3) is 22.2 Å². The smallest absolute Gasteiger partial charge is 0.163 e. The summed E-state index contributed by atoms with van der Waals surface area (Å²) in [6, 6.07) is 20.3. The second kappa shape index (κ2) is 9.30. The van der Waals surface area contributed by atoms with Crippen molar-refractivity contribution < 1.29 is 9.47 Å². The fourth-order valence-corrected chi connectivity index (χ4v) is 5.01. The molecule has 4 heteroatoms. The van der Waals surface area contributed by atoms with Crippen LogP contribution in [0.3, 0.4) is 0 Å². The van der Waals surface area contributed by atoms with E-state index in [1.165, 1.54) is 31.2 Å². The molecule has 33 heavy (non-hydrogen) atoms. The van der Waals surface area contributed by atoms with Gasteiger partial charge >= 0.3 is 0 Å². The van der Waals surface area contributed by atoms with Gasteiger partial charge in [0.2, 0.25) is 0 Å². The molecule has 0 amide bonds. The van der Waals surface area contributed by atoms with Crippen molar-refractivity contribution in [3.05, 3.63) is 84.5 Å². The first-order chi connectivity index (χ1) is 16.2. The molecule has 5 rings (SSSR count). The lowest BCUT2D eigenvalue weighted by molar-refractivity contribution is 0.355. The summed E-state index contributed by atoms with van der Waals surface area (Å²) < 4.78 is 13.4. The van der Waals surface area contributed by atoms with Gasteiger partial charge in [0.05, 0.1) is 25.3 Å². The normalized spacial score (nSPS) is 14.2. The van der Waals surface area contributed by atoms with Crippen LogP contribution < -0.4 is 9.47 Å². The Labute approximate surface area is 196 Å². The third-order valence-electron chi connectivity index (χ3n) is 6.81. The van der Waals surface area contributed by atoms with Crippen molar-refractivity contribution in [2.24, 2.45) is 5.92 Å². The van der Waals surface area contributed by atoms with Crippen molar-refractivity contribution in [3.63, 3.8) is 0 Å². The summed E-state index contributed by atoms with van der Waals surface area (Å²) >= 11 is 0. The number of benzene rings is 3. The minimum Gasteiger partial charge on any atom is -0.493 e. The second-order valence-electron chi connectivity index (χ2n) is 8.91. The molecule has 0 spiro atoms. The molecular formula is C29H29N2O2. The van der Waals surface area contributed by atoms with E-state index in [1.54, 1.807) is 14.2 Å². The molecule has 1 saturated carbocycles. The molecule has 1 aromatic heterocycles. The zero-order chi connectivity index (χ0) is 22.8. The Bertz CT molecular complexity index is 1250. The fourth-order valence-electron chi connectivity index (χ4n) is 5.01. The number of imidazole rings is 1. The SMILES string of the molecule is [C]c1ccccc1-c1ccc(Cn2c(CC3CCCC3)nc3cc(OC)c(OC)cc32)cc1. The summed E-state index contributed by atoms with van der Waals surface area (Å²) in [6.45, 7) is 8.93. The van der Waals surface area contributed by atoms with E-state index in [2.05, 4.69) is 28.8 Å². The number of aromatic nitrogens is 2. The van der Waals surface area contributed by atoms with Crippen molar-refractivity contribution in [2.75, 3.05) is 14.2 Å². The van der Waals surface area contributed by atoms with Gasteiger partial charge in [0.15, 0.2) is 11.5 Å². The van der Waals surface area contributed by atoms with Gasteiger partial charge in [-0.3, -0.25) is 0 Å². The van der Waals surface area contributed by atoms with Gasteiger partial charge in [-0.05, 0) is 28.2 Å². The Kier molecular flexibility index (Phi) is 6.08. The third kappa shape index (κ3) is 4.35. The Hall–Kier alpha value is -3.27. The Balaban J connectivity index is 1.52. The standard InChI is InChI=1S/C29H29N2O2/c1-20-8-4-7-11-24(20)23-14-12-22(13-15-23)19-31-26-18-28(33-3)27(32-2)17-25(26)30-29(31)16-21-9-5-6-10-21/h4,7-8,11-15,17-18,21H,5-6,9-10,16,19H2,2-3H3. The van der Waals surface area contributed by atoms with E-state index in [-0.39, 0.29) is 0 Å². The average molecular weight is 438 g/mol. The summed E-state index contributed by atoms with van der Waals surface area (Å²) in [5.74, 6) is 3.27. The Morgan fingerprint density at radius 1 is 0.939 bits per heavy atom. The first-order valence-corrected chi connectivity index (χ1v) is 11.7. The van der Waals surface area contributed by atoms with E-state index < -0.39 is 0 Å². The van der Waals surface area contributed by atoms with Crippen LogP contribution in [-0.4, -0.2) is 23.8 Å². The van der Waals surface area contributed by atoms with E-state index in [0.29, 0.717) is 17.2 Å². The zero-order valence-electron chi connectivity index (χ0n) is 19.3. The largest absolute Gasteiger partial charge is 0.493 e. The van der Waals surface area contributed by atoms with Crippen LogP contribution >= 0.6 is 0 Å². The van der Waals surface area contributed by atoms with Crippen LogP contribution in [0.2, 0.25) is 0 Å². The number of hydrogen-bond acceptors (Lipinski definition) is 3. The maximum atomic E-state index is 8.18. The lowest BCUT2D eigenvalue weighted by Gasteiger charge is -2.14. The molecule has 0 bridgehead atoms. The predicted octanol–water partition coefficient (Wildman–Crippen LogP) is 6.44. The third-order valence-corrected chi connectivity index (χ3v) is 6.81. The molecule has 1 aliphatic rings. The van der Waals surface area contributed by atoms with Gasteiger partial charge in [0.25, 0.3) is 0 Å². The number of methoxy groups -OCH3 is 2. The van der Waals surface area contributed by atoms with Crippen molar-refractivity contribution in [1.82, 2.24) is 9.55 Å². The molecule has 0 N–H and O–H groups in total.